The fraction of sp³-hybridized carbons (Fsp3) is 0.188. The van der Waals surface area contributed by atoms with Crippen molar-refractivity contribution in [2.75, 3.05) is 0 Å². The summed E-state index contributed by atoms with van der Waals surface area (Å²) < 4.78 is 10.7. The molecule has 0 bridgehead atoms. The summed E-state index contributed by atoms with van der Waals surface area (Å²) in [7, 11) is 0. The van der Waals surface area contributed by atoms with Crippen LogP contribution in [0.3, 0.4) is 0 Å². The highest BCUT2D eigenvalue weighted by Crippen LogP contribution is 2.18. The molecule has 3 rings (SSSR count). The SMILES string of the molecule is Cc1ccc(-c2nnc(CC(=O)NCc3ccco3)o2)cc1. The van der Waals surface area contributed by atoms with Gasteiger partial charge in [-0.2, -0.15) is 0 Å². The molecule has 0 aliphatic heterocycles. The summed E-state index contributed by atoms with van der Waals surface area (Å²) in [5.41, 5.74) is 1.99. The molecule has 0 saturated heterocycles. The summed E-state index contributed by atoms with van der Waals surface area (Å²) in [6, 6.07) is 11.3. The number of benzene rings is 1. The molecule has 0 atom stereocenters. The summed E-state index contributed by atoms with van der Waals surface area (Å²) >= 11 is 0. The Morgan fingerprint density at radius 3 is 2.73 bits per heavy atom. The van der Waals surface area contributed by atoms with Crippen molar-refractivity contribution in [2.24, 2.45) is 0 Å². The van der Waals surface area contributed by atoms with Gasteiger partial charge in [-0.15, -0.1) is 10.2 Å². The lowest BCUT2D eigenvalue weighted by Gasteiger charge is -2.00. The summed E-state index contributed by atoms with van der Waals surface area (Å²) in [5, 5.41) is 10.6. The molecule has 22 heavy (non-hydrogen) atoms. The Hall–Kier alpha value is -2.89. The average Bonchev–Trinajstić information content (AvgIpc) is 3.17. The van der Waals surface area contributed by atoms with Crippen molar-refractivity contribution in [1.29, 1.82) is 0 Å². The number of aryl methyl sites for hydroxylation is 1. The van der Waals surface area contributed by atoms with Crippen LogP contribution < -0.4 is 5.32 Å². The normalized spacial score (nSPS) is 10.6. The first-order valence-corrected chi connectivity index (χ1v) is 6.89. The number of carbonyl (C=O) groups excluding carboxylic acids is 1. The predicted molar refractivity (Wildman–Crippen MR) is 78.7 cm³/mol. The summed E-state index contributed by atoms with van der Waals surface area (Å²) in [5.74, 6) is 1.19. The van der Waals surface area contributed by atoms with Crippen molar-refractivity contribution in [3.05, 3.63) is 59.9 Å². The smallest absolute Gasteiger partial charge is 0.247 e. The molecule has 1 N–H and O–H groups in total. The van der Waals surface area contributed by atoms with Gasteiger partial charge in [-0.25, -0.2) is 0 Å². The zero-order valence-electron chi connectivity index (χ0n) is 12.1. The number of carbonyl (C=O) groups is 1. The van der Waals surface area contributed by atoms with Crippen LogP contribution in [0.1, 0.15) is 17.2 Å². The van der Waals surface area contributed by atoms with Crippen molar-refractivity contribution >= 4 is 5.91 Å². The van der Waals surface area contributed by atoms with Crippen molar-refractivity contribution in [3.63, 3.8) is 0 Å². The summed E-state index contributed by atoms with van der Waals surface area (Å²) in [4.78, 5) is 11.8. The Morgan fingerprint density at radius 2 is 2.00 bits per heavy atom. The first kappa shape index (κ1) is 14.1. The van der Waals surface area contributed by atoms with Crippen LogP contribution in [0.5, 0.6) is 0 Å². The maximum Gasteiger partial charge on any atom is 0.247 e. The third kappa shape index (κ3) is 3.41. The maximum atomic E-state index is 11.8. The van der Waals surface area contributed by atoms with E-state index < -0.39 is 0 Å². The number of hydrogen-bond acceptors (Lipinski definition) is 5. The van der Waals surface area contributed by atoms with Gasteiger partial charge in [-0.05, 0) is 31.2 Å². The van der Waals surface area contributed by atoms with Crippen molar-refractivity contribution in [2.45, 2.75) is 19.9 Å². The molecule has 0 aliphatic carbocycles. The fourth-order valence-electron chi connectivity index (χ4n) is 1.94. The van der Waals surface area contributed by atoms with E-state index in [2.05, 4.69) is 15.5 Å². The van der Waals surface area contributed by atoms with E-state index in [1.165, 1.54) is 0 Å². The van der Waals surface area contributed by atoms with Gasteiger partial charge in [0.1, 0.15) is 12.2 Å². The molecular formula is C16H15N3O3. The molecule has 0 saturated carbocycles. The highest BCUT2D eigenvalue weighted by atomic mass is 16.4. The number of rotatable bonds is 5. The van der Waals surface area contributed by atoms with Crippen LogP contribution in [-0.4, -0.2) is 16.1 Å². The molecule has 0 spiro atoms. The van der Waals surface area contributed by atoms with Gasteiger partial charge in [0, 0.05) is 5.56 Å². The molecule has 0 radical (unpaired) electrons. The number of hydrogen-bond donors (Lipinski definition) is 1. The van der Waals surface area contributed by atoms with E-state index in [-0.39, 0.29) is 18.2 Å². The van der Waals surface area contributed by atoms with E-state index in [0.29, 0.717) is 18.2 Å². The van der Waals surface area contributed by atoms with Gasteiger partial charge in [-0.1, -0.05) is 17.7 Å². The largest absolute Gasteiger partial charge is 0.467 e. The number of aromatic nitrogens is 2. The van der Waals surface area contributed by atoms with Crippen LogP contribution in [0.25, 0.3) is 11.5 Å². The second kappa shape index (κ2) is 6.26. The Morgan fingerprint density at radius 1 is 1.18 bits per heavy atom. The van der Waals surface area contributed by atoms with E-state index >= 15 is 0 Å². The molecule has 0 fully saturated rings. The maximum absolute atomic E-state index is 11.8. The van der Waals surface area contributed by atoms with E-state index in [9.17, 15) is 4.79 Å². The second-order valence-corrected chi connectivity index (χ2v) is 4.90. The Balaban J connectivity index is 1.59. The van der Waals surface area contributed by atoms with Gasteiger partial charge in [0.2, 0.25) is 17.7 Å². The lowest BCUT2D eigenvalue weighted by atomic mass is 10.1. The molecule has 2 heterocycles. The highest BCUT2D eigenvalue weighted by Gasteiger charge is 2.12. The minimum atomic E-state index is -0.199. The molecular weight excluding hydrogens is 282 g/mol. The standard InChI is InChI=1S/C16H15N3O3/c1-11-4-6-12(7-5-11)16-19-18-15(22-16)9-14(20)17-10-13-3-2-8-21-13/h2-8H,9-10H2,1H3,(H,17,20). The minimum Gasteiger partial charge on any atom is -0.467 e. The van der Waals surface area contributed by atoms with Crippen LogP contribution in [0.15, 0.2) is 51.5 Å². The van der Waals surface area contributed by atoms with Crippen LogP contribution in [0.2, 0.25) is 0 Å². The minimum absolute atomic E-state index is 0.0412. The zero-order valence-corrected chi connectivity index (χ0v) is 12.1. The molecule has 3 aromatic rings. The fourth-order valence-corrected chi connectivity index (χ4v) is 1.94. The van der Waals surface area contributed by atoms with Crippen LogP contribution in [0, 0.1) is 6.92 Å². The molecule has 1 aromatic carbocycles. The Bertz CT molecular complexity index is 745. The second-order valence-electron chi connectivity index (χ2n) is 4.90. The average molecular weight is 297 g/mol. The summed E-state index contributed by atoms with van der Waals surface area (Å²) in [6.45, 7) is 2.34. The predicted octanol–water partition coefficient (Wildman–Crippen LogP) is 2.50. The van der Waals surface area contributed by atoms with E-state index in [4.69, 9.17) is 8.83 Å². The van der Waals surface area contributed by atoms with Crippen LogP contribution in [-0.2, 0) is 17.8 Å². The van der Waals surface area contributed by atoms with Gasteiger partial charge in [-0.3, -0.25) is 4.79 Å². The van der Waals surface area contributed by atoms with E-state index in [1.807, 2.05) is 31.2 Å². The Labute approximate surface area is 127 Å². The molecule has 2 aromatic heterocycles. The van der Waals surface area contributed by atoms with Crippen LogP contribution >= 0.6 is 0 Å². The molecule has 0 aliphatic rings. The third-order valence-corrected chi connectivity index (χ3v) is 3.12. The number of furan rings is 1. The number of nitrogens with zero attached hydrogens (tertiary/aromatic N) is 2. The van der Waals surface area contributed by atoms with Crippen molar-refractivity contribution in [3.8, 4) is 11.5 Å². The van der Waals surface area contributed by atoms with Gasteiger partial charge in [0.25, 0.3) is 0 Å². The first-order valence-electron chi connectivity index (χ1n) is 6.89. The van der Waals surface area contributed by atoms with Gasteiger partial charge < -0.3 is 14.2 Å². The number of nitrogens with one attached hydrogen (secondary N) is 1. The molecule has 6 nitrogen and oxygen atoms in total. The van der Waals surface area contributed by atoms with E-state index in [0.717, 1.165) is 11.1 Å². The highest BCUT2D eigenvalue weighted by molar-refractivity contribution is 5.77. The zero-order chi connectivity index (χ0) is 15.4. The monoisotopic (exact) mass is 297 g/mol. The van der Waals surface area contributed by atoms with Crippen molar-refractivity contribution < 1.29 is 13.6 Å². The summed E-state index contributed by atoms with van der Waals surface area (Å²) in [6.07, 6.45) is 1.60. The van der Waals surface area contributed by atoms with Gasteiger partial charge >= 0.3 is 0 Å². The number of amides is 1. The van der Waals surface area contributed by atoms with E-state index in [1.54, 1.807) is 18.4 Å². The Kier molecular flexibility index (Phi) is 4.00. The molecule has 1 amide bonds. The van der Waals surface area contributed by atoms with Crippen LogP contribution in [0.4, 0.5) is 0 Å². The topological polar surface area (TPSA) is 81.2 Å². The quantitative estimate of drug-likeness (QED) is 0.782. The lowest BCUT2D eigenvalue weighted by Crippen LogP contribution is -2.24. The third-order valence-electron chi connectivity index (χ3n) is 3.12. The first-order chi connectivity index (χ1) is 10.7. The molecule has 0 unspecified atom stereocenters. The van der Waals surface area contributed by atoms with Gasteiger partial charge in [0.15, 0.2) is 0 Å². The van der Waals surface area contributed by atoms with Crippen molar-refractivity contribution in [1.82, 2.24) is 15.5 Å². The lowest BCUT2D eigenvalue weighted by molar-refractivity contribution is -0.121. The molecule has 6 heteroatoms. The molecule has 112 valence electrons. The van der Waals surface area contributed by atoms with Gasteiger partial charge in [0.05, 0.1) is 12.8 Å².